The van der Waals surface area contributed by atoms with Gasteiger partial charge in [-0.05, 0) is 0 Å². The number of benzene rings is 1. The van der Waals surface area contributed by atoms with E-state index in [0.29, 0.717) is 15.2 Å². The first-order chi connectivity index (χ1) is 5.43. The number of hydrogen-bond acceptors (Lipinski definition) is 0. The molecule has 0 amide bonds. The van der Waals surface area contributed by atoms with E-state index in [9.17, 15) is 0 Å². The fourth-order valence-electron chi connectivity index (χ4n) is 1.06. The van der Waals surface area contributed by atoms with Crippen molar-refractivity contribution in [2.24, 2.45) is 0 Å². The molecule has 0 unspecified atom stereocenters. The maximum absolute atomic E-state index is 2.25. The summed E-state index contributed by atoms with van der Waals surface area (Å²) >= 11 is 0.544. The highest BCUT2D eigenvalue weighted by Crippen LogP contribution is 1.93. The van der Waals surface area contributed by atoms with Crippen LogP contribution in [-0.4, -0.2) is 15.2 Å². The zero-order valence-corrected chi connectivity index (χ0v) is 8.24. The fourth-order valence-corrected chi connectivity index (χ4v) is 2.50. The van der Waals surface area contributed by atoms with E-state index >= 15 is 0 Å². The Labute approximate surface area is 76.8 Å². The predicted molar refractivity (Wildman–Crippen MR) is 53.7 cm³/mol. The van der Waals surface area contributed by atoms with Gasteiger partial charge in [0.1, 0.15) is 0 Å². The second-order valence-electron chi connectivity index (χ2n) is 2.76. The zero-order chi connectivity index (χ0) is 7.94. The van der Waals surface area contributed by atoms with Gasteiger partial charge >= 0.3 is 0 Å². The smallest absolute Gasteiger partial charge is 0.124 e. The number of unbranched alkanes of at least 4 members (excludes halogenated alkanes) is 1. The Bertz CT molecular complexity index is 186. The maximum atomic E-state index is 2.25. The van der Waals surface area contributed by atoms with Crippen molar-refractivity contribution >= 4 is 19.6 Å². The number of rotatable bonds is 4. The molecule has 0 aromatic heterocycles. The summed E-state index contributed by atoms with van der Waals surface area (Å²) in [7, 11) is 0. The van der Waals surface area contributed by atoms with Crippen LogP contribution in [0.1, 0.15) is 21.2 Å². The standard InChI is InChI=1S/C6H5.C4H9.Al.H2/c1-2-4-6-5-3-1;1-3-4-2;;/h1-5H;1,3-4H2,2H3;;1H. The van der Waals surface area contributed by atoms with Crippen LogP contribution in [0.15, 0.2) is 30.3 Å². The predicted octanol–water partition coefficient (Wildman–Crippen LogP) is 2.48. The quantitative estimate of drug-likeness (QED) is 0.472. The summed E-state index contributed by atoms with van der Waals surface area (Å²) in [5, 5.41) is 1.42. The molecule has 1 heteroatoms. The Hall–Kier alpha value is -0.248. The van der Waals surface area contributed by atoms with Crippen LogP contribution in [0.4, 0.5) is 0 Å². The largest absolute Gasteiger partial charge is 0.250 e. The van der Waals surface area contributed by atoms with E-state index in [-0.39, 0.29) is 1.43 Å². The van der Waals surface area contributed by atoms with Crippen LogP contribution in [0.25, 0.3) is 0 Å². The van der Waals surface area contributed by atoms with Gasteiger partial charge < -0.3 is 0 Å². The molecule has 0 saturated heterocycles. The van der Waals surface area contributed by atoms with Crippen LogP contribution >= 0.6 is 0 Å². The van der Waals surface area contributed by atoms with Crippen LogP contribution in [0, 0.1) is 0 Å². The molecule has 0 aliphatic rings. The summed E-state index contributed by atoms with van der Waals surface area (Å²) in [5.74, 6) is 0. The molecular formula is C10H16Al. The minimum atomic E-state index is 0. The lowest BCUT2D eigenvalue weighted by Crippen LogP contribution is -2.11. The van der Waals surface area contributed by atoms with Gasteiger partial charge in [-0.15, -0.1) is 4.43 Å². The van der Waals surface area contributed by atoms with Gasteiger partial charge in [-0.25, -0.2) is 0 Å². The van der Waals surface area contributed by atoms with Gasteiger partial charge in [0.25, 0.3) is 0 Å². The van der Waals surface area contributed by atoms with Crippen molar-refractivity contribution in [3.05, 3.63) is 30.3 Å². The topological polar surface area (TPSA) is 0 Å². The Morgan fingerprint density at radius 2 is 2.00 bits per heavy atom. The first kappa shape index (κ1) is 8.85. The molecule has 0 bridgehead atoms. The molecule has 0 aliphatic carbocycles. The molecule has 0 aliphatic heterocycles. The van der Waals surface area contributed by atoms with E-state index in [0.717, 1.165) is 0 Å². The van der Waals surface area contributed by atoms with Crippen LogP contribution in [0.5, 0.6) is 0 Å². The second kappa shape index (κ2) is 5.41. The van der Waals surface area contributed by atoms with Gasteiger partial charge in [0.2, 0.25) is 15.2 Å². The van der Waals surface area contributed by atoms with Gasteiger partial charge in [0, 0.05) is 1.43 Å². The monoisotopic (exact) mass is 163 g/mol. The van der Waals surface area contributed by atoms with Crippen LogP contribution < -0.4 is 4.43 Å². The van der Waals surface area contributed by atoms with Crippen LogP contribution in [0.2, 0.25) is 5.28 Å². The summed E-state index contributed by atoms with van der Waals surface area (Å²) in [6.45, 7) is 2.25. The Kier molecular flexibility index (Phi) is 4.35. The van der Waals surface area contributed by atoms with Crippen molar-refractivity contribution < 1.29 is 1.43 Å². The second-order valence-corrected chi connectivity index (χ2v) is 4.41. The molecule has 1 aromatic rings. The number of hydrogen-bond donors (Lipinski definition) is 0. The van der Waals surface area contributed by atoms with Crippen molar-refractivity contribution in [2.75, 3.05) is 0 Å². The van der Waals surface area contributed by atoms with Gasteiger partial charge in [-0.3, -0.25) is 0 Å². The molecule has 0 fully saturated rings. The molecule has 1 rings (SSSR count). The Morgan fingerprint density at radius 3 is 2.64 bits per heavy atom. The molecule has 0 N–H and O–H groups in total. The van der Waals surface area contributed by atoms with Crippen molar-refractivity contribution in [1.29, 1.82) is 0 Å². The van der Waals surface area contributed by atoms with Crippen molar-refractivity contribution in [3.63, 3.8) is 0 Å². The molecule has 1 aromatic carbocycles. The average molecular weight is 163 g/mol. The lowest BCUT2D eigenvalue weighted by Gasteiger charge is -1.96. The summed E-state index contributed by atoms with van der Waals surface area (Å²) < 4.78 is 1.56. The highest BCUT2D eigenvalue weighted by atomic mass is 27.1. The van der Waals surface area contributed by atoms with E-state index < -0.39 is 0 Å². The molecule has 0 heterocycles. The minimum Gasteiger partial charge on any atom is -0.124 e. The fraction of sp³-hybridized carbons (Fsp3) is 0.400. The van der Waals surface area contributed by atoms with E-state index in [1.807, 2.05) is 0 Å². The molecule has 11 heavy (non-hydrogen) atoms. The molecule has 0 nitrogen and oxygen atoms in total. The third-order valence-corrected chi connectivity index (χ3v) is 3.29. The third kappa shape index (κ3) is 3.60. The molecule has 59 valence electrons. The zero-order valence-electron chi connectivity index (χ0n) is 7.09. The summed E-state index contributed by atoms with van der Waals surface area (Å²) in [5.41, 5.74) is 0. The minimum absolute atomic E-state index is 0. The van der Waals surface area contributed by atoms with Gasteiger partial charge in [0.15, 0.2) is 0 Å². The van der Waals surface area contributed by atoms with Crippen LogP contribution in [-0.2, 0) is 0 Å². The first-order valence-corrected chi connectivity index (χ1v) is 5.71. The lowest BCUT2D eigenvalue weighted by molar-refractivity contribution is 0.881. The first-order valence-electron chi connectivity index (χ1n) is 4.31. The molecule has 0 saturated carbocycles. The normalized spacial score (nSPS) is 9.55. The Morgan fingerprint density at radius 1 is 1.27 bits per heavy atom. The maximum Gasteiger partial charge on any atom is 0.250 e. The van der Waals surface area contributed by atoms with Gasteiger partial charge in [0.05, 0.1) is 0 Å². The van der Waals surface area contributed by atoms with Crippen LogP contribution in [0.3, 0.4) is 0 Å². The average Bonchev–Trinajstić information content (AvgIpc) is 2.07. The van der Waals surface area contributed by atoms with Crippen molar-refractivity contribution in [3.8, 4) is 0 Å². The molecule has 0 spiro atoms. The Balaban J connectivity index is 0.00000121. The summed E-state index contributed by atoms with van der Waals surface area (Å²) in [4.78, 5) is 0. The highest BCUT2D eigenvalue weighted by molar-refractivity contribution is 6.53. The third-order valence-electron chi connectivity index (χ3n) is 1.74. The summed E-state index contributed by atoms with van der Waals surface area (Å²) in [6.07, 6.45) is 2.73. The van der Waals surface area contributed by atoms with E-state index in [1.54, 1.807) is 4.43 Å². The van der Waals surface area contributed by atoms with E-state index in [4.69, 9.17) is 0 Å². The van der Waals surface area contributed by atoms with E-state index in [1.165, 1.54) is 18.1 Å². The molecule has 1 radical (unpaired) electrons. The van der Waals surface area contributed by atoms with Gasteiger partial charge in [-0.1, -0.05) is 55.4 Å². The van der Waals surface area contributed by atoms with Crippen molar-refractivity contribution in [2.45, 2.75) is 25.0 Å². The summed E-state index contributed by atoms with van der Waals surface area (Å²) in [6, 6.07) is 10.8. The van der Waals surface area contributed by atoms with Gasteiger partial charge in [-0.2, -0.15) is 0 Å². The molecular weight excluding hydrogens is 147 g/mol. The molecule has 0 atom stereocenters. The van der Waals surface area contributed by atoms with Crippen molar-refractivity contribution in [1.82, 2.24) is 0 Å². The highest BCUT2D eigenvalue weighted by Gasteiger charge is 1.93. The lowest BCUT2D eigenvalue weighted by atomic mass is 10.4. The SMILES string of the molecule is CCC[CH2][Al][c]1ccccc1.[HH]. The van der Waals surface area contributed by atoms with E-state index in [2.05, 4.69) is 37.3 Å².